The third-order valence-electron chi connectivity index (χ3n) is 3.04. The molecule has 0 fully saturated rings. The summed E-state index contributed by atoms with van der Waals surface area (Å²) < 4.78 is 6.31. The van der Waals surface area contributed by atoms with E-state index in [1.54, 1.807) is 31.5 Å². The third kappa shape index (κ3) is 2.57. The van der Waals surface area contributed by atoms with E-state index >= 15 is 0 Å². The van der Waals surface area contributed by atoms with Gasteiger partial charge in [-0.1, -0.05) is 23.5 Å². The Labute approximate surface area is 125 Å². The van der Waals surface area contributed by atoms with Crippen molar-refractivity contribution < 1.29 is 9.53 Å². The number of hydrogen-bond donors (Lipinski definition) is 1. The number of fused-ring (bicyclic) bond motifs is 1. The van der Waals surface area contributed by atoms with Crippen molar-refractivity contribution in [3.8, 4) is 5.75 Å². The largest absolute Gasteiger partial charge is 0.494 e. The van der Waals surface area contributed by atoms with Crippen LogP contribution in [0.3, 0.4) is 0 Å². The van der Waals surface area contributed by atoms with Gasteiger partial charge in [0.25, 0.3) is 5.91 Å². The van der Waals surface area contributed by atoms with Gasteiger partial charge in [-0.25, -0.2) is 4.98 Å². The van der Waals surface area contributed by atoms with Crippen LogP contribution in [-0.4, -0.2) is 23.0 Å². The first-order valence-electron chi connectivity index (χ1n) is 6.35. The molecule has 0 aliphatic heterocycles. The summed E-state index contributed by atoms with van der Waals surface area (Å²) in [6.07, 6.45) is 1.58. The Bertz CT molecular complexity index is 799. The summed E-state index contributed by atoms with van der Waals surface area (Å²) in [4.78, 5) is 20.6. The molecule has 0 spiro atoms. The summed E-state index contributed by atoms with van der Waals surface area (Å²) in [5, 5.41) is 3.31. The molecule has 0 aliphatic rings. The van der Waals surface area contributed by atoms with Gasteiger partial charge in [-0.05, 0) is 30.7 Å². The number of hydrogen-bond acceptors (Lipinski definition) is 5. The molecule has 3 aromatic rings. The minimum absolute atomic E-state index is 0.272. The van der Waals surface area contributed by atoms with Gasteiger partial charge < -0.3 is 4.74 Å². The van der Waals surface area contributed by atoms with Crippen LogP contribution in [0.5, 0.6) is 5.75 Å². The number of nitrogens with one attached hydrogen (secondary N) is 1. The number of benzene rings is 1. The van der Waals surface area contributed by atoms with Gasteiger partial charge in [0.2, 0.25) is 0 Å². The van der Waals surface area contributed by atoms with Gasteiger partial charge in [0.15, 0.2) is 5.13 Å². The van der Waals surface area contributed by atoms with Gasteiger partial charge in [-0.2, -0.15) is 0 Å². The zero-order chi connectivity index (χ0) is 14.8. The second-order valence-electron chi connectivity index (χ2n) is 4.45. The normalized spacial score (nSPS) is 10.6. The number of aromatic nitrogens is 2. The number of amides is 1. The Balaban J connectivity index is 1.95. The number of nitrogens with zero attached hydrogens (tertiary/aromatic N) is 2. The molecule has 106 valence electrons. The van der Waals surface area contributed by atoms with Gasteiger partial charge >= 0.3 is 0 Å². The smallest absolute Gasteiger partial charge is 0.276 e. The molecule has 1 aromatic carbocycles. The van der Waals surface area contributed by atoms with E-state index in [0.29, 0.717) is 16.6 Å². The van der Waals surface area contributed by atoms with Crippen LogP contribution >= 0.6 is 11.3 Å². The van der Waals surface area contributed by atoms with E-state index in [2.05, 4.69) is 15.3 Å². The van der Waals surface area contributed by atoms with Crippen molar-refractivity contribution in [3.63, 3.8) is 0 Å². The van der Waals surface area contributed by atoms with E-state index in [-0.39, 0.29) is 5.91 Å². The predicted octanol–water partition coefficient (Wildman–Crippen LogP) is 3.26. The van der Waals surface area contributed by atoms with Gasteiger partial charge in [-0.3, -0.25) is 15.1 Å². The summed E-state index contributed by atoms with van der Waals surface area (Å²) in [6.45, 7) is 2.00. The SMILES string of the molecule is COc1ccc(C)c2sc(NC(=O)c3ccccn3)nc12. The Morgan fingerprint density at radius 1 is 1.29 bits per heavy atom. The fourth-order valence-corrected chi connectivity index (χ4v) is 2.93. The average molecular weight is 299 g/mol. The molecule has 21 heavy (non-hydrogen) atoms. The second-order valence-corrected chi connectivity index (χ2v) is 5.45. The van der Waals surface area contributed by atoms with Crippen molar-refractivity contribution in [2.45, 2.75) is 6.92 Å². The highest BCUT2D eigenvalue weighted by atomic mass is 32.1. The highest BCUT2D eigenvalue weighted by Crippen LogP contribution is 2.34. The molecule has 6 heteroatoms. The maximum absolute atomic E-state index is 12.1. The van der Waals surface area contributed by atoms with Crippen LogP contribution in [0.1, 0.15) is 16.1 Å². The van der Waals surface area contributed by atoms with Crippen molar-refractivity contribution >= 4 is 32.6 Å². The highest BCUT2D eigenvalue weighted by molar-refractivity contribution is 7.22. The summed E-state index contributed by atoms with van der Waals surface area (Å²) in [7, 11) is 1.61. The molecule has 0 unspecified atom stereocenters. The summed E-state index contributed by atoms with van der Waals surface area (Å²) in [6, 6.07) is 9.05. The molecule has 0 atom stereocenters. The van der Waals surface area contributed by atoms with E-state index in [4.69, 9.17) is 4.74 Å². The number of carbonyl (C=O) groups excluding carboxylic acids is 1. The highest BCUT2D eigenvalue weighted by Gasteiger charge is 2.14. The Morgan fingerprint density at radius 2 is 2.14 bits per heavy atom. The van der Waals surface area contributed by atoms with E-state index in [1.165, 1.54) is 11.3 Å². The van der Waals surface area contributed by atoms with Crippen molar-refractivity contribution in [1.29, 1.82) is 0 Å². The number of aryl methyl sites for hydroxylation is 1. The van der Waals surface area contributed by atoms with Gasteiger partial charge in [0, 0.05) is 6.20 Å². The lowest BCUT2D eigenvalue weighted by Crippen LogP contribution is -2.12. The summed E-state index contributed by atoms with van der Waals surface area (Å²) in [5.41, 5.74) is 2.22. The summed E-state index contributed by atoms with van der Waals surface area (Å²) >= 11 is 1.43. The first-order valence-corrected chi connectivity index (χ1v) is 7.17. The molecular formula is C15H13N3O2S. The van der Waals surface area contributed by atoms with Gasteiger partial charge in [0.1, 0.15) is 17.0 Å². The molecule has 0 aliphatic carbocycles. The predicted molar refractivity (Wildman–Crippen MR) is 83.1 cm³/mol. The lowest BCUT2D eigenvalue weighted by Gasteiger charge is -2.01. The number of carbonyl (C=O) groups is 1. The van der Waals surface area contributed by atoms with E-state index in [9.17, 15) is 4.79 Å². The molecular weight excluding hydrogens is 286 g/mol. The summed E-state index contributed by atoms with van der Waals surface area (Å²) in [5.74, 6) is 0.427. The molecule has 0 saturated carbocycles. The van der Waals surface area contributed by atoms with Crippen LogP contribution in [0.2, 0.25) is 0 Å². The molecule has 0 bridgehead atoms. The standard InChI is InChI=1S/C15H13N3O2S/c1-9-6-7-11(20-2)12-13(9)21-15(17-12)18-14(19)10-5-3-4-8-16-10/h3-8H,1-2H3,(H,17,18,19). The quantitative estimate of drug-likeness (QED) is 0.806. The Hall–Kier alpha value is -2.47. The fraction of sp³-hybridized carbons (Fsp3) is 0.133. The maximum atomic E-state index is 12.1. The number of rotatable bonds is 3. The van der Waals surface area contributed by atoms with Crippen LogP contribution in [0.4, 0.5) is 5.13 Å². The molecule has 0 radical (unpaired) electrons. The van der Waals surface area contributed by atoms with Crippen LogP contribution < -0.4 is 10.1 Å². The Kier molecular flexibility index (Phi) is 3.53. The first kappa shape index (κ1) is 13.5. The van der Waals surface area contributed by atoms with E-state index < -0.39 is 0 Å². The molecule has 2 heterocycles. The topological polar surface area (TPSA) is 64.1 Å². The Morgan fingerprint density at radius 3 is 2.86 bits per heavy atom. The van der Waals surface area contributed by atoms with E-state index in [0.717, 1.165) is 15.8 Å². The average Bonchev–Trinajstić information content (AvgIpc) is 2.93. The maximum Gasteiger partial charge on any atom is 0.276 e. The second kappa shape index (κ2) is 5.49. The molecule has 1 N–H and O–H groups in total. The molecule has 0 saturated heterocycles. The molecule has 5 nitrogen and oxygen atoms in total. The van der Waals surface area contributed by atoms with Crippen LogP contribution in [0, 0.1) is 6.92 Å². The van der Waals surface area contributed by atoms with Crippen LogP contribution in [-0.2, 0) is 0 Å². The van der Waals surface area contributed by atoms with Crippen molar-refractivity contribution in [2.24, 2.45) is 0 Å². The van der Waals surface area contributed by atoms with Crippen molar-refractivity contribution in [3.05, 3.63) is 47.8 Å². The number of methoxy groups -OCH3 is 1. The number of anilines is 1. The lowest BCUT2D eigenvalue weighted by molar-refractivity contribution is 0.102. The van der Waals surface area contributed by atoms with Crippen LogP contribution in [0.25, 0.3) is 10.2 Å². The van der Waals surface area contributed by atoms with Gasteiger partial charge in [-0.15, -0.1) is 0 Å². The monoisotopic (exact) mass is 299 g/mol. The van der Waals surface area contributed by atoms with Crippen molar-refractivity contribution in [1.82, 2.24) is 9.97 Å². The zero-order valence-corrected chi connectivity index (χ0v) is 12.4. The number of pyridine rings is 1. The molecule has 1 amide bonds. The minimum Gasteiger partial charge on any atom is -0.494 e. The molecule has 3 rings (SSSR count). The first-order chi connectivity index (χ1) is 10.2. The van der Waals surface area contributed by atoms with Gasteiger partial charge in [0.05, 0.1) is 11.8 Å². The van der Waals surface area contributed by atoms with E-state index in [1.807, 2.05) is 19.1 Å². The molecule has 2 aromatic heterocycles. The third-order valence-corrected chi connectivity index (χ3v) is 4.15. The van der Waals surface area contributed by atoms with Crippen molar-refractivity contribution in [2.75, 3.05) is 12.4 Å². The fourth-order valence-electron chi connectivity index (χ4n) is 1.99. The zero-order valence-electron chi connectivity index (χ0n) is 11.6. The minimum atomic E-state index is -0.272. The number of thiazole rings is 1. The lowest BCUT2D eigenvalue weighted by atomic mass is 10.2. The number of ether oxygens (including phenoxy) is 1. The van der Waals surface area contributed by atoms with Crippen LogP contribution in [0.15, 0.2) is 36.5 Å².